The predicted molar refractivity (Wildman–Crippen MR) is 109 cm³/mol. The van der Waals surface area contributed by atoms with E-state index in [0.29, 0.717) is 11.3 Å². The highest BCUT2D eigenvalue weighted by atomic mass is 16.5. The van der Waals surface area contributed by atoms with E-state index < -0.39 is 0 Å². The summed E-state index contributed by atoms with van der Waals surface area (Å²) in [5.41, 5.74) is 4.18. The first kappa shape index (κ1) is 19.5. The first-order valence-electron chi connectivity index (χ1n) is 9.00. The zero-order valence-electron chi connectivity index (χ0n) is 16.8. The Kier molecular flexibility index (Phi) is 5.40. The van der Waals surface area contributed by atoms with Crippen LogP contribution in [0.3, 0.4) is 0 Å². The maximum Gasteiger partial charge on any atom is 0.290 e. The molecule has 0 saturated heterocycles. The van der Waals surface area contributed by atoms with E-state index in [9.17, 15) is 9.59 Å². The zero-order valence-corrected chi connectivity index (χ0v) is 16.8. The van der Waals surface area contributed by atoms with Gasteiger partial charge in [0.2, 0.25) is 5.91 Å². The molecule has 6 heteroatoms. The first-order chi connectivity index (χ1) is 13.3. The van der Waals surface area contributed by atoms with Crippen molar-refractivity contribution in [2.45, 2.75) is 20.8 Å². The van der Waals surface area contributed by atoms with Gasteiger partial charge in [-0.25, -0.2) is 0 Å². The van der Waals surface area contributed by atoms with Gasteiger partial charge in [0.1, 0.15) is 11.3 Å². The Morgan fingerprint density at radius 3 is 2.57 bits per heavy atom. The summed E-state index contributed by atoms with van der Waals surface area (Å²) in [6.07, 6.45) is 0. The number of aryl methyl sites for hydroxylation is 2. The molecule has 0 atom stereocenters. The van der Waals surface area contributed by atoms with Crippen LogP contribution in [0.2, 0.25) is 0 Å². The summed E-state index contributed by atoms with van der Waals surface area (Å²) in [6, 6.07) is 11.1. The molecule has 0 aliphatic heterocycles. The van der Waals surface area contributed by atoms with Crippen LogP contribution in [-0.2, 0) is 4.79 Å². The number of fused-ring (bicyclic) bond motifs is 1. The third-order valence-corrected chi connectivity index (χ3v) is 4.94. The van der Waals surface area contributed by atoms with Crippen molar-refractivity contribution in [2.75, 3.05) is 26.0 Å². The number of amides is 2. The van der Waals surface area contributed by atoms with Gasteiger partial charge in [-0.15, -0.1) is 0 Å². The van der Waals surface area contributed by atoms with Crippen LogP contribution in [0.5, 0.6) is 5.75 Å². The average Bonchev–Trinajstić information content (AvgIpc) is 3.00. The predicted octanol–water partition coefficient (Wildman–Crippen LogP) is 4.08. The molecule has 3 aromatic rings. The van der Waals surface area contributed by atoms with Crippen LogP contribution in [0.4, 0.5) is 5.69 Å². The maximum absolute atomic E-state index is 12.8. The van der Waals surface area contributed by atoms with Crippen molar-refractivity contribution in [1.29, 1.82) is 0 Å². The smallest absolute Gasteiger partial charge is 0.290 e. The summed E-state index contributed by atoms with van der Waals surface area (Å²) >= 11 is 0. The Labute approximate surface area is 164 Å². The molecule has 6 nitrogen and oxygen atoms in total. The van der Waals surface area contributed by atoms with Crippen LogP contribution in [0.25, 0.3) is 11.0 Å². The van der Waals surface area contributed by atoms with E-state index in [1.165, 1.54) is 4.90 Å². The molecular formula is C22H24N2O4. The zero-order chi connectivity index (χ0) is 20.4. The minimum Gasteiger partial charge on any atom is -0.497 e. The molecule has 0 radical (unpaired) electrons. The largest absolute Gasteiger partial charge is 0.497 e. The summed E-state index contributed by atoms with van der Waals surface area (Å²) in [7, 11) is 3.17. The first-order valence-corrected chi connectivity index (χ1v) is 9.00. The van der Waals surface area contributed by atoms with Gasteiger partial charge in [0.15, 0.2) is 5.76 Å². The molecule has 2 aromatic carbocycles. The van der Waals surface area contributed by atoms with E-state index in [-0.39, 0.29) is 24.1 Å². The highest BCUT2D eigenvalue weighted by Crippen LogP contribution is 2.29. The standard InChI is InChI=1S/C22H24N2O4/c1-13-7-6-8-18(14(13)2)23-20(25)12-24(4)22(26)21-15(3)17-11-16(27-5)9-10-19(17)28-21/h6-11H,12H2,1-5H3,(H,23,25). The molecule has 3 rings (SSSR count). The molecule has 146 valence electrons. The third-order valence-electron chi connectivity index (χ3n) is 4.94. The van der Waals surface area contributed by atoms with Crippen molar-refractivity contribution in [3.05, 3.63) is 58.8 Å². The van der Waals surface area contributed by atoms with Crippen LogP contribution < -0.4 is 10.1 Å². The van der Waals surface area contributed by atoms with Gasteiger partial charge in [0.05, 0.1) is 13.7 Å². The van der Waals surface area contributed by atoms with E-state index in [2.05, 4.69) is 5.32 Å². The number of methoxy groups -OCH3 is 1. The normalized spacial score (nSPS) is 10.8. The van der Waals surface area contributed by atoms with Gasteiger partial charge in [-0.2, -0.15) is 0 Å². The minimum atomic E-state index is -0.344. The topological polar surface area (TPSA) is 71.8 Å². The number of furan rings is 1. The van der Waals surface area contributed by atoms with E-state index in [1.54, 1.807) is 26.3 Å². The number of likely N-dealkylation sites (N-methyl/N-ethyl adjacent to an activating group) is 1. The van der Waals surface area contributed by atoms with Crippen molar-refractivity contribution in [3.63, 3.8) is 0 Å². The lowest BCUT2D eigenvalue weighted by Crippen LogP contribution is -2.35. The van der Waals surface area contributed by atoms with Crippen LogP contribution >= 0.6 is 0 Å². The van der Waals surface area contributed by atoms with Gasteiger partial charge < -0.3 is 19.4 Å². The van der Waals surface area contributed by atoms with Crippen LogP contribution in [-0.4, -0.2) is 37.4 Å². The average molecular weight is 380 g/mol. The van der Waals surface area contributed by atoms with Gasteiger partial charge in [-0.05, 0) is 56.2 Å². The van der Waals surface area contributed by atoms with E-state index in [1.807, 2.05) is 45.0 Å². The fraction of sp³-hybridized carbons (Fsp3) is 0.273. The second-order valence-corrected chi connectivity index (χ2v) is 6.88. The Balaban J connectivity index is 1.75. The monoisotopic (exact) mass is 380 g/mol. The molecule has 0 unspecified atom stereocenters. The number of anilines is 1. The van der Waals surface area contributed by atoms with Crippen LogP contribution in [0.15, 0.2) is 40.8 Å². The molecule has 0 aliphatic rings. The molecule has 1 N–H and O–H groups in total. The van der Waals surface area contributed by atoms with E-state index in [0.717, 1.165) is 27.8 Å². The Morgan fingerprint density at radius 1 is 1.11 bits per heavy atom. The van der Waals surface area contributed by atoms with Gasteiger partial charge in [0.25, 0.3) is 5.91 Å². The van der Waals surface area contributed by atoms with Gasteiger partial charge in [0, 0.05) is 23.7 Å². The third kappa shape index (κ3) is 3.71. The number of benzene rings is 2. The molecule has 2 amide bonds. The van der Waals surface area contributed by atoms with Crippen LogP contribution in [0, 0.1) is 20.8 Å². The number of carbonyl (C=O) groups excluding carboxylic acids is 2. The molecule has 0 bridgehead atoms. The fourth-order valence-corrected chi connectivity index (χ4v) is 3.07. The summed E-state index contributed by atoms with van der Waals surface area (Å²) in [6.45, 7) is 5.68. The molecule has 28 heavy (non-hydrogen) atoms. The van der Waals surface area contributed by atoms with Crippen molar-refractivity contribution in [2.24, 2.45) is 0 Å². The maximum atomic E-state index is 12.8. The highest BCUT2D eigenvalue weighted by Gasteiger charge is 2.23. The highest BCUT2D eigenvalue weighted by molar-refractivity contribution is 6.02. The summed E-state index contributed by atoms with van der Waals surface area (Å²) in [4.78, 5) is 26.6. The lowest BCUT2D eigenvalue weighted by atomic mass is 10.1. The number of hydrogen-bond acceptors (Lipinski definition) is 4. The van der Waals surface area contributed by atoms with E-state index in [4.69, 9.17) is 9.15 Å². The second-order valence-electron chi connectivity index (χ2n) is 6.88. The summed E-state index contributed by atoms with van der Waals surface area (Å²) in [5, 5.41) is 3.68. The van der Waals surface area contributed by atoms with Gasteiger partial charge in [-0.3, -0.25) is 9.59 Å². The quantitative estimate of drug-likeness (QED) is 0.724. The Bertz CT molecular complexity index is 1050. The van der Waals surface area contributed by atoms with Gasteiger partial charge in [-0.1, -0.05) is 12.1 Å². The molecule has 0 saturated carbocycles. The lowest BCUT2D eigenvalue weighted by molar-refractivity contribution is -0.116. The fourth-order valence-electron chi connectivity index (χ4n) is 3.07. The molecule has 0 fully saturated rings. The summed E-state index contributed by atoms with van der Waals surface area (Å²) in [5.74, 6) is 0.311. The van der Waals surface area contributed by atoms with Crippen molar-refractivity contribution < 1.29 is 18.7 Å². The molecular weight excluding hydrogens is 356 g/mol. The molecule has 0 spiro atoms. The minimum absolute atomic E-state index is 0.0774. The Morgan fingerprint density at radius 2 is 1.86 bits per heavy atom. The van der Waals surface area contributed by atoms with Crippen LogP contribution in [0.1, 0.15) is 27.2 Å². The number of carbonyl (C=O) groups is 2. The Hall–Kier alpha value is -3.28. The van der Waals surface area contributed by atoms with Crippen molar-refractivity contribution >= 4 is 28.5 Å². The van der Waals surface area contributed by atoms with Crippen molar-refractivity contribution in [3.8, 4) is 5.75 Å². The number of rotatable bonds is 5. The molecule has 0 aliphatic carbocycles. The lowest BCUT2D eigenvalue weighted by Gasteiger charge is -2.17. The van der Waals surface area contributed by atoms with Crippen molar-refractivity contribution in [1.82, 2.24) is 4.90 Å². The number of nitrogens with zero attached hydrogens (tertiary/aromatic N) is 1. The summed E-state index contributed by atoms with van der Waals surface area (Å²) < 4.78 is 11.0. The van der Waals surface area contributed by atoms with E-state index >= 15 is 0 Å². The number of hydrogen-bond donors (Lipinski definition) is 1. The van der Waals surface area contributed by atoms with Gasteiger partial charge >= 0.3 is 0 Å². The second kappa shape index (κ2) is 7.76. The SMILES string of the molecule is COc1ccc2oc(C(=O)N(C)CC(=O)Nc3cccc(C)c3C)c(C)c2c1. The number of nitrogens with one attached hydrogen (secondary N) is 1. The molecule has 1 heterocycles. The number of ether oxygens (including phenoxy) is 1. The molecule has 1 aromatic heterocycles.